The molecule has 2 aromatic carbocycles. The Balaban J connectivity index is 1.61. The van der Waals surface area contributed by atoms with Gasteiger partial charge in [0.05, 0.1) is 23.7 Å². The number of benzene rings is 2. The second-order valence-corrected chi connectivity index (χ2v) is 7.44. The zero-order valence-corrected chi connectivity index (χ0v) is 17.3. The van der Waals surface area contributed by atoms with Gasteiger partial charge in [-0.25, -0.2) is 9.97 Å². The number of nitrogens with zero attached hydrogens (tertiary/aromatic N) is 3. The van der Waals surface area contributed by atoms with E-state index in [1.165, 1.54) is 11.8 Å². The highest BCUT2D eigenvalue weighted by Gasteiger charge is 2.15. The predicted octanol–water partition coefficient (Wildman–Crippen LogP) is 4.68. The molecule has 0 saturated carbocycles. The van der Waals surface area contributed by atoms with Crippen molar-refractivity contribution >= 4 is 22.7 Å². The first-order valence-corrected chi connectivity index (χ1v) is 10.3. The Kier molecular flexibility index (Phi) is 5.40. The van der Waals surface area contributed by atoms with Crippen LogP contribution in [0.5, 0.6) is 5.75 Å². The molecule has 7 heteroatoms. The Morgan fingerprint density at radius 3 is 2.59 bits per heavy atom. The zero-order chi connectivity index (χ0) is 20.4. The molecular formula is C22H21N3O3S. The normalized spacial score (nSPS) is 11.1. The quantitative estimate of drug-likeness (QED) is 0.341. The van der Waals surface area contributed by atoms with Crippen LogP contribution >= 0.6 is 11.8 Å². The minimum absolute atomic E-state index is 0.0172. The fourth-order valence-electron chi connectivity index (χ4n) is 3.09. The van der Waals surface area contributed by atoms with Crippen molar-refractivity contribution in [3.05, 3.63) is 70.3 Å². The lowest BCUT2D eigenvalue weighted by atomic mass is 10.2. The van der Waals surface area contributed by atoms with Gasteiger partial charge >= 0.3 is 0 Å². The second-order valence-electron chi connectivity index (χ2n) is 6.50. The van der Waals surface area contributed by atoms with E-state index in [9.17, 15) is 4.79 Å². The van der Waals surface area contributed by atoms with Crippen molar-refractivity contribution < 1.29 is 9.15 Å². The lowest BCUT2D eigenvalue weighted by molar-refractivity contribution is 0.415. The van der Waals surface area contributed by atoms with Crippen molar-refractivity contribution in [1.29, 1.82) is 0 Å². The van der Waals surface area contributed by atoms with Crippen LogP contribution in [0.25, 0.3) is 22.4 Å². The Bertz CT molecular complexity index is 1210. The summed E-state index contributed by atoms with van der Waals surface area (Å²) in [5.74, 6) is 2.68. The summed E-state index contributed by atoms with van der Waals surface area (Å²) in [4.78, 5) is 22.1. The van der Waals surface area contributed by atoms with Crippen molar-refractivity contribution in [3.8, 4) is 17.2 Å². The molecule has 0 radical (unpaired) electrons. The minimum Gasteiger partial charge on any atom is -0.497 e. The molecule has 0 amide bonds. The number of methoxy groups -OCH3 is 1. The van der Waals surface area contributed by atoms with Gasteiger partial charge in [0.2, 0.25) is 5.89 Å². The number of hydrogen-bond donors (Lipinski definition) is 0. The summed E-state index contributed by atoms with van der Waals surface area (Å²) < 4.78 is 12.8. The number of aryl methyl sites for hydroxylation is 1. The molecule has 0 fully saturated rings. The average molecular weight is 407 g/mol. The van der Waals surface area contributed by atoms with Crippen molar-refractivity contribution in [2.24, 2.45) is 0 Å². The first-order valence-electron chi connectivity index (χ1n) is 9.33. The van der Waals surface area contributed by atoms with E-state index in [-0.39, 0.29) is 5.56 Å². The number of rotatable bonds is 6. The number of aromatic nitrogens is 3. The van der Waals surface area contributed by atoms with Crippen LogP contribution in [0.4, 0.5) is 0 Å². The summed E-state index contributed by atoms with van der Waals surface area (Å²) in [7, 11) is 1.64. The average Bonchev–Trinajstić information content (AvgIpc) is 3.13. The highest BCUT2D eigenvalue weighted by Crippen LogP contribution is 2.28. The molecular weight excluding hydrogens is 386 g/mol. The van der Waals surface area contributed by atoms with E-state index in [1.54, 1.807) is 11.7 Å². The summed E-state index contributed by atoms with van der Waals surface area (Å²) in [6.07, 6.45) is 0. The largest absolute Gasteiger partial charge is 0.497 e. The smallest absolute Gasteiger partial charge is 0.262 e. The van der Waals surface area contributed by atoms with Gasteiger partial charge in [-0.15, -0.1) is 0 Å². The molecule has 29 heavy (non-hydrogen) atoms. The number of fused-ring (bicyclic) bond motifs is 1. The molecule has 148 valence electrons. The molecule has 0 N–H and O–H groups in total. The maximum absolute atomic E-state index is 12.8. The molecule has 0 aliphatic heterocycles. The molecule has 2 aromatic heterocycles. The van der Waals surface area contributed by atoms with E-state index >= 15 is 0 Å². The highest BCUT2D eigenvalue weighted by molar-refractivity contribution is 7.98. The summed E-state index contributed by atoms with van der Waals surface area (Å²) in [6, 6.07) is 15.0. The van der Waals surface area contributed by atoms with Gasteiger partial charge in [-0.3, -0.25) is 9.36 Å². The van der Waals surface area contributed by atoms with Crippen molar-refractivity contribution in [1.82, 2.24) is 14.5 Å². The summed E-state index contributed by atoms with van der Waals surface area (Å²) in [6.45, 7) is 4.41. The van der Waals surface area contributed by atoms with Crippen LogP contribution in [0.2, 0.25) is 0 Å². The first kappa shape index (κ1) is 19.3. The van der Waals surface area contributed by atoms with Gasteiger partial charge in [-0.05, 0) is 50.2 Å². The van der Waals surface area contributed by atoms with Crippen LogP contribution in [-0.2, 0) is 12.3 Å². The van der Waals surface area contributed by atoms with E-state index < -0.39 is 0 Å². The lowest BCUT2D eigenvalue weighted by Crippen LogP contribution is -2.22. The summed E-state index contributed by atoms with van der Waals surface area (Å²) in [5, 5.41) is 1.32. The van der Waals surface area contributed by atoms with Crippen LogP contribution in [0.15, 0.2) is 62.9 Å². The van der Waals surface area contributed by atoms with Crippen molar-refractivity contribution in [2.75, 3.05) is 7.11 Å². The van der Waals surface area contributed by atoms with Gasteiger partial charge in [0, 0.05) is 17.9 Å². The molecule has 6 nitrogen and oxygen atoms in total. The van der Waals surface area contributed by atoms with Crippen LogP contribution in [-0.4, -0.2) is 21.6 Å². The topological polar surface area (TPSA) is 70.2 Å². The fourth-order valence-corrected chi connectivity index (χ4v) is 4.15. The minimum atomic E-state index is -0.0172. The molecule has 2 heterocycles. The van der Waals surface area contributed by atoms with Gasteiger partial charge in [0.1, 0.15) is 11.5 Å². The Morgan fingerprint density at radius 2 is 1.86 bits per heavy atom. The van der Waals surface area contributed by atoms with Gasteiger partial charge in [-0.2, -0.15) is 0 Å². The highest BCUT2D eigenvalue weighted by atomic mass is 32.2. The molecule has 0 aliphatic carbocycles. The molecule has 4 rings (SSSR count). The van der Waals surface area contributed by atoms with Crippen LogP contribution in [0.1, 0.15) is 18.4 Å². The van der Waals surface area contributed by atoms with E-state index in [1.807, 2.05) is 62.4 Å². The molecule has 0 atom stereocenters. The first-order chi connectivity index (χ1) is 14.1. The Labute approximate surface area is 172 Å². The second kappa shape index (κ2) is 8.13. The van der Waals surface area contributed by atoms with E-state index in [0.717, 1.165) is 22.8 Å². The van der Waals surface area contributed by atoms with E-state index in [0.29, 0.717) is 34.2 Å². The zero-order valence-electron chi connectivity index (χ0n) is 16.5. The number of ether oxygens (including phenoxy) is 1. The van der Waals surface area contributed by atoms with E-state index in [4.69, 9.17) is 9.15 Å². The van der Waals surface area contributed by atoms with Gasteiger partial charge in [-0.1, -0.05) is 23.9 Å². The maximum atomic E-state index is 12.8. The number of hydrogen-bond acceptors (Lipinski definition) is 6. The van der Waals surface area contributed by atoms with Gasteiger partial charge in [0.15, 0.2) is 5.16 Å². The van der Waals surface area contributed by atoms with Gasteiger partial charge in [0.25, 0.3) is 5.56 Å². The molecule has 4 aromatic rings. The summed E-state index contributed by atoms with van der Waals surface area (Å²) >= 11 is 1.49. The Hall–Kier alpha value is -3.06. The van der Waals surface area contributed by atoms with Gasteiger partial charge < -0.3 is 9.15 Å². The SMILES string of the molecule is CCn1c(SCc2nc(-c3ccc(OC)cc3)oc2C)nc2ccccc2c1=O. The molecule has 0 unspecified atom stereocenters. The number of para-hydroxylation sites is 1. The van der Waals surface area contributed by atoms with E-state index in [2.05, 4.69) is 9.97 Å². The third-order valence-electron chi connectivity index (χ3n) is 4.71. The monoisotopic (exact) mass is 407 g/mol. The van der Waals surface area contributed by atoms with Crippen molar-refractivity contribution in [2.45, 2.75) is 31.3 Å². The standard InChI is InChI=1S/C22H21N3O3S/c1-4-25-21(26)17-7-5-6-8-18(17)24-22(25)29-13-19-14(2)28-20(23-19)15-9-11-16(27-3)12-10-15/h5-12H,4,13H2,1-3H3. The molecule has 0 saturated heterocycles. The Morgan fingerprint density at radius 1 is 1.10 bits per heavy atom. The molecule has 0 bridgehead atoms. The maximum Gasteiger partial charge on any atom is 0.262 e. The van der Waals surface area contributed by atoms with Crippen LogP contribution < -0.4 is 10.3 Å². The lowest BCUT2D eigenvalue weighted by Gasteiger charge is -2.10. The molecule has 0 spiro atoms. The number of oxazole rings is 1. The fraction of sp³-hybridized carbons (Fsp3) is 0.227. The van der Waals surface area contributed by atoms with Crippen molar-refractivity contribution in [3.63, 3.8) is 0 Å². The number of thioether (sulfide) groups is 1. The molecule has 0 aliphatic rings. The van der Waals surface area contributed by atoms with Crippen LogP contribution in [0, 0.1) is 6.92 Å². The van der Waals surface area contributed by atoms with Crippen LogP contribution in [0.3, 0.4) is 0 Å². The third-order valence-corrected chi connectivity index (χ3v) is 5.70. The summed E-state index contributed by atoms with van der Waals surface area (Å²) in [5.41, 5.74) is 2.42. The predicted molar refractivity (Wildman–Crippen MR) is 114 cm³/mol. The third kappa shape index (κ3) is 3.78.